The monoisotopic (exact) mass is 410 g/mol. The Morgan fingerprint density at radius 3 is 2.66 bits per heavy atom. The molecule has 1 aliphatic carbocycles. The molecule has 0 fully saturated rings. The lowest BCUT2D eigenvalue weighted by Crippen LogP contribution is -2.26. The first-order valence-electron chi connectivity index (χ1n) is 10.4. The first kappa shape index (κ1) is 21.4. The van der Waals surface area contributed by atoms with Gasteiger partial charge in [-0.2, -0.15) is 5.26 Å². The van der Waals surface area contributed by atoms with Crippen LogP contribution in [0, 0.1) is 22.7 Å². The molecule has 0 spiro atoms. The highest BCUT2D eigenvalue weighted by atomic mass is 32.1. The summed E-state index contributed by atoms with van der Waals surface area (Å²) in [5, 5.41) is 13.4. The molecule has 1 aromatic carbocycles. The molecule has 1 N–H and O–H groups in total. The van der Waals surface area contributed by atoms with Crippen molar-refractivity contribution in [1.82, 2.24) is 0 Å². The lowest BCUT2D eigenvalue weighted by Gasteiger charge is -2.33. The molecule has 1 heterocycles. The molecule has 0 saturated carbocycles. The fourth-order valence-electron chi connectivity index (χ4n) is 3.74. The molecule has 154 valence electrons. The first-order chi connectivity index (χ1) is 13.8. The highest BCUT2D eigenvalue weighted by Crippen LogP contribution is 2.44. The van der Waals surface area contributed by atoms with Gasteiger partial charge in [-0.15, -0.1) is 11.3 Å². The number of thiophene rings is 1. The Kier molecular flexibility index (Phi) is 6.64. The van der Waals surface area contributed by atoms with Crippen molar-refractivity contribution in [2.24, 2.45) is 11.3 Å². The van der Waals surface area contributed by atoms with Crippen molar-refractivity contribution in [1.29, 1.82) is 5.26 Å². The number of anilines is 1. The standard InChI is InChI=1S/C24H30N2O2S/c1-5-6-13-28-18-10-7-16(8-11-18)22(27)26-23-20(15-25)19-12-9-17(24(2,3)4)14-21(19)29-23/h7-8,10-11,17H,5-6,9,12-14H2,1-4H3,(H,26,27)/t17-/m1/s1. The largest absolute Gasteiger partial charge is 0.494 e. The number of hydrogen-bond acceptors (Lipinski definition) is 4. The summed E-state index contributed by atoms with van der Waals surface area (Å²) in [5.74, 6) is 1.18. The van der Waals surface area contributed by atoms with Crippen LogP contribution >= 0.6 is 11.3 Å². The van der Waals surface area contributed by atoms with Gasteiger partial charge in [0.15, 0.2) is 0 Å². The number of carbonyl (C=O) groups is 1. The zero-order valence-electron chi connectivity index (χ0n) is 17.8. The maximum atomic E-state index is 12.7. The third-order valence-electron chi connectivity index (χ3n) is 5.71. The molecule has 1 amide bonds. The Morgan fingerprint density at radius 2 is 2.03 bits per heavy atom. The van der Waals surface area contributed by atoms with Gasteiger partial charge >= 0.3 is 0 Å². The quantitative estimate of drug-likeness (QED) is 0.577. The summed E-state index contributed by atoms with van der Waals surface area (Å²) in [5.41, 5.74) is 2.59. The van der Waals surface area contributed by atoms with Crippen LogP contribution in [0.2, 0.25) is 0 Å². The molecule has 1 aliphatic rings. The molecule has 0 aliphatic heterocycles. The van der Waals surface area contributed by atoms with Crippen LogP contribution in [0.4, 0.5) is 5.00 Å². The fourth-order valence-corrected chi connectivity index (χ4v) is 5.02. The van der Waals surface area contributed by atoms with Gasteiger partial charge in [0.2, 0.25) is 0 Å². The topological polar surface area (TPSA) is 62.1 Å². The second kappa shape index (κ2) is 9.00. The Labute approximate surface area is 177 Å². The Bertz CT molecular complexity index is 901. The number of nitrogens with one attached hydrogen (secondary N) is 1. The smallest absolute Gasteiger partial charge is 0.256 e. The van der Waals surface area contributed by atoms with Gasteiger partial charge in [-0.25, -0.2) is 0 Å². The maximum Gasteiger partial charge on any atom is 0.256 e. The van der Waals surface area contributed by atoms with E-state index in [0.717, 1.165) is 43.4 Å². The number of hydrogen-bond donors (Lipinski definition) is 1. The van der Waals surface area contributed by atoms with Crippen LogP contribution in [-0.2, 0) is 12.8 Å². The van der Waals surface area contributed by atoms with E-state index in [9.17, 15) is 10.1 Å². The van der Waals surface area contributed by atoms with Crippen LogP contribution in [0.15, 0.2) is 24.3 Å². The van der Waals surface area contributed by atoms with Crippen LogP contribution < -0.4 is 10.1 Å². The number of nitriles is 1. The third kappa shape index (κ3) is 5.00. The van der Waals surface area contributed by atoms with Gasteiger partial charge in [0.05, 0.1) is 12.2 Å². The van der Waals surface area contributed by atoms with E-state index in [4.69, 9.17) is 4.74 Å². The van der Waals surface area contributed by atoms with Crippen molar-refractivity contribution >= 4 is 22.2 Å². The predicted molar refractivity (Wildman–Crippen MR) is 119 cm³/mol. The van der Waals surface area contributed by atoms with Crippen LogP contribution in [0.1, 0.15) is 73.3 Å². The second-order valence-corrected chi connectivity index (χ2v) is 9.91. The van der Waals surface area contributed by atoms with E-state index in [1.807, 2.05) is 12.1 Å². The minimum absolute atomic E-state index is 0.187. The predicted octanol–water partition coefficient (Wildman–Crippen LogP) is 6.20. The third-order valence-corrected chi connectivity index (χ3v) is 6.88. The summed E-state index contributed by atoms with van der Waals surface area (Å²) < 4.78 is 5.66. The number of nitrogens with zero attached hydrogens (tertiary/aromatic N) is 1. The molecule has 1 aromatic heterocycles. The molecular weight excluding hydrogens is 380 g/mol. The molecule has 29 heavy (non-hydrogen) atoms. The van der Waals surface area contributed by atoms with Gasteiger partial charge in [0.25, 0.3) is 5.91 Å². The molecule has 0 saturated heterocycles. The zero-order valence-corrected chi connectivity index (χ0v) is 18.6. The Balaban J connectivity index is 1.73. The highest BCUT2D eigenvalue weighted by molar-refractivity contribution is 7.16. The molecule has 0 bridgehead atoms. The average molecular weight is 411 g/mol. The van der Waals surface area contributed by atoms with Crippen LogP contribution in [0.25, 0.3) is 0 Å². The van der Waals surface area contributed by atoms with E-state index in [1.54, 1.807) is 23.5 Å². The molecule has 5 heteroatoms. The molecule has 4 nitrogen and oxygen atoms in total. The van der Waals surface area contributed by atoms with Crippen molar-refractivity contribution < 1.29 is 9.53 Å². The number of fused-ring (bicyclic) bond motifs is 1. The first-order valence-corrected chi connectivity index (χ1v) is 11.2. The molecule has 2 aromatic rings. The number of amides is 1. The van der Waals surface area contributed by atoms with Gasteiger partial charge in [0.1, 0.15) is 16.8 Å². The summed E-state index contributed by atoms with van der Waals surface area (Å²) in [6, 6.07) is 9.51. The van der Waals surface area contributed by atoms with Gasteiger partial charge in [-0.1, -0.05) is 34.1 Å². The molecule has 3 rings (SSSR count). The van der Waals surface area contributed by atoms with E-state index >= 15 is 0 Å². The fraction of sp³-hybridized carbons (Fsp3) is 0.500. The number of ether oxygens (including phenoxy) is 1. The van der Waals surface area contributed by atoms with Crippen molar-refractivity contribution in [3.8, 4) is 11.8 Å². The summed E-state index contributed by atoms with van der Waals surface area (Å²) in [7, 11) is 0. The molecule has 1 atom stereocenters. The lowest BCUT2D eigenvalue weighted by atomic mass is 9.72. The van der Waals surface area contributed by atoms with Crippen LogP contribution in [-0.4, -0.2) is 12.5 Å². The summed E-state index contributed by atoms with van der Waals surface area (Å²) in [6.07, 6.45) is 5.09. The summed E-state index contributed by atoms with van der Waals surface area (Å²) in [6.45, 7) is 9.64. The van der Waals surface area contributed by atoms with E-state index in [0.29, 0.717) is 28.7 Å². The molecule has 0 radical (unpaired) electrons. The van der Waals surface area contributed by atoms with Crippen molar-refractivity contribution in [2.75, 3.05) is 11.9 Å². The van der Waals surface area contributed by atoms with E-state index < -0.39 is 0 Å². The molecular formula is C24H30N2O2S. The van der Waals surface area contributed by atoms with Crippen LogP contribution in [0.3, 0.4) is 0 Å². The normalized spacial score (nSPS) is 16.0. The highest BCUT2D eigenvalue weighted by Gasteiger charge is 2.32. The second-order valence-electron chi connectivity index (χ2n) is 8.81. The molecule has 0 unspecified atom stereocenters. The summed E-state index contributed by atoms with van der Waals surface area (Å²) >= 11 is 1.57. The van der Waals surface area contributed by atoms with Crippen LogP contribution in [0.5, 0.6) is 5.75 Å². The number of rotatable bonds is 6. The van der Waals surface area contributed by atoms with Gasteiger partial charge in [-0.05, 0) is 66.8 Å². The summed E-state index contributed by atoms with van der Waals surface area (Å²) in [4.78, 5) is 14.0. The van der Waals surface area contributed by atoms with E-state index in [2.05, 4.69) is 39.1 Å². The van der Waals surface area contributed by atoms with Gasteiger partial charge < -0.3 is 10.1 Å². The van der Waals surface area contributed by atoms with Gasteiger partial charge in [-0.3, -0.25) is 4.79 Å². The van der Waals surface area contributed by atoms with E-state index in [1.165, 1.54) is 4.88 Å². The van der Waals surface area contributed by atoms with Gasteiger partial charge in [0, 0.05) is 10.4 Å². The van der Waals surface area contributed by atoms with Crippen molar-refractivity contribution in [3.05, 3.63) is 45.8 Å². The minimum Gasteiger partial charge on any atom is -0.494 e. The zero-order chi connectivity index (χ0) is 21.0. The van der Waals surface area contributed by atoms with Crippen molar-refractivity contribution in [2.45, 2.75) is 59.8 Å². The number of unbranched alkanes of at least 4 members (excludes halogenated alkanes) is 1. The number of benzene rings is 1. The van der Waals surface area contributed by atoms with Crippen molar-refractivity contribution in [3.63, 3.8) is 0 Å². The van der Waals surface area contributed by atoms with E-state index in [-0.39, 0.29) is 11.3 Å². The SMILES string of the molecule is CCCCOc1ccc(C(=O)Nc2sc3c(c2C#N)CC[C@@H](C(C)(C)C)C3)cc1. The Morgan fingerprint density at radius 1 is 1.31 bits per heavy atom. The minimum atomic E-state index is -0.187. The lowest BCUT2D eigenvalue weighted by molar-refractivity contribution is 0.102. The maximum absolute atomic E-state index is 12.7. The number of carbonyl (C=O) groups excluding carboxylic acids is 1. The Hall–Kier alpha value is -2.32. The average Bonchev–Trinajstić information content (AvgIpc) is 3.04.